The minimum atomic E-state index is 0. The molecule has 0 N–H and O–H groups in total. The van der Waals surface area contributed by atoms with E-state index in [1.165, 1.54) is 64.2 Å². The Kier molecular flexibility index (Phi) is 32.8. The van der Waals surface area contributed by atoms with Gasteiger partial charge >= 0.3 is 121 Å². The predicted octanol–water partition coefficient (Wildman–Crippen LogP) is 7.54. The van der Waals surface area contributed by atoms with Gasteiger partial charge in [0.05, 0.1) is 0 Å². The van der Waals surface area contributed by atoms with Gasteiger partial charge in [0.1, 0.15) is 0 Å². The molecule has 0 bridgehead atoms. The van der Waals surface area contributed by atoms with Crippen LogP contribution in [0.1, 0.15) is 90.9 Å². The molecule has 0 aromatic heterocycles. The van der Waals surface area contributed by atoms with E-state index >= 15 is 0 Å². The van der Waals surface area contributed by atoms with E-state index < -0.39 is 0 Å². The van der Waals surface area contributed by atoms with Gasteiger partial charge in [-0.25, -0.2) is 0 Å². The summed E-state index contributed by atoms with van der Waals surface area (Å²) in [6, 6.07) is 0. The Bertz CT molecular complexity index is 118. The second-order valence-electron chi connectivity index (χ2n) is 5.29. The smallest absolute Gasteiger partial charge is 0 e. The monoisotopic (exact) mass is 410 g/mol. The summed E-state index contributed by atoms with van der Waals surface area (Å²) in [6.45, 7) is 4.60. The first-order chi connectivity index (χ1) is 8.41. The first-order valence-electron chi connectivity index (χ1n) is 8.12. The maximum Gasteiger partial charge on any atom is 0 e. The van der Waals surface area contributed by atoms with Gasteiger partial charge in [0.15, 0.2) is 0 Å². The summed E-state index contributed by atoms with van der Waals surface area (Å²) < 4.78 is 3.31. The molecule has 0 amide bonds. The topological polar surface area (TPSA) is 0 Å². The van der Waals surface area contributed by atoms with E-state index in [2.05, 4.69) is 13.8 Å². The van der Waals surface area contributed by atoms with Gasteiger partial charge in [-0.3, -0.25) is 0 Å². The van der Waals surface area contributed by atoms with Crippen molar-refractivity contribution in [3.63, 3.8) is 0 Å². The van der Waals surface area contributed by atoms with Crippen molar-refractivity contribution >= 4 is 48.1 Å². The molecular formula is C16H34S2Sn. The quantitative estimate of drug-likeness (QED) is 0.205. The van der Waals surface area contributed by atoms with Gasteiger partial charge in [0.25, 0.3) is 0 Å². The molecule has 0 aliphatic carbocycles. The van der Waals surface area contributed by atoms with E-state index in [1.54, 1.807) is 21.7 Å². The summed E-state index contributed by atoms with van der Waals surface area (Å²) in [6.07, 6.45) is 17.8. The van der Waals surface area contributed by atoms with Gasteiger partial charge in [0.2, 0.25) is 0 Å². The third-order valence-corrected chi connectivity index (χ3v) is 7.45. The van der Waals surface area contributed by atoms with Crippen molar-refractivity contribution in [1.29, 1.82) is 0 Å². The van der Waals surface area contributed by atoms with E-state index in [-0.39, 0.29) is 48.1 Å². The molecule has 0 heterocycles. The zero-order valence-corrected chi connectivity index (χ0v) is 17.7. The molecular weight excluding hydrogens is 375 g/mol. The van der Waals surface area contributed by atoms with Crippen molar-refractivity contribution in [1.82, 2.24) is 0 Å². The van der Waals surface area contributed by atoms with Crippen LogP contribution in [0.3, 0.4) is 0 Å². The van der Waals surface area contributed by atoms with Gasteiger partial charge in [-0.05, 0) is 0 Å². The van der Waals surface area contributed by atoms with Gasteiger partial charge in [0, 0.05) is 27.0 Å². The molecule has 0 nitrogen and oxygen atoms in total. The molecule has 0 aliphatic heterocycles. The van der Waals surface area contributed by atoms with Gasteiger partial charge in [-0.2, -0.15) is 0 Å². The minimum Gasteiger partial charge on any atom is 0 e. The maximum absolute atomic E-state index is 2.30. The van der Waals surface area contributed by atoms with Gasteiger partial charge in [-0.1, -0.05) is 0 Å². The van der Waals surface area contributed by atoms with Crippen LogP contribution in [0.25, 0.3) is 0 Å². The van der Waals surface area contributed by atoms with E-state index in [9.17, 15) is 0 Å². The summed E-state index contributed by atoms with van der Waals surface area (Å²) >= 11 is 0.0736. The molecule has 0 saturated carbocycles. The van der Waals surface area contributed by atoms with Crippen LogP contribution in [-0.2, 0) is 0 Å². The van der Waals surface area contributed by atoms with Crippen molar-refractivity contribution < 1.29 is 0 Å². The standard InChI is InChI=1S/2C8H17.2S.Sn/c2*1-3-5-7-8-6-4-2;;;/h2*1,3-8H2,2H3;;;. The fraction of sp³-hybridized carbons (Fsp3) is 1.00. The zero-order valence-electron chi connectivity index (χ0n) is 13.2. The van der Waals surface area contributed by atoms with Crippen molar-refractivity contribution in [2.75, 3.05) is 0 Å². The predicted molar refractivity (Wildman–Crippen MR) is 97.3 cm³/mol. The van der Waals surface area contributed by atoms with Crippen molar-refractivity contribution in [3.05, 3.63) is 0 Å². The Morgan fingerprint density at radius 2 is 0.789 bits per heavy atom. The van der Waals surface area contributed by atoms with Gasteiger partial charge < -0.3 is 0 Å². The second kappa shape index (κ2) is 24.5. The van der Waals surface area contributed by atoms with Crippen LogP contribution in [0.2, 0.25) is 8.87 Å². The molecule has 6 radical (unpaired) electrons. The Labute approximate surface area is 147 Å². The second-order valence-corrected chi connectivity index (χ2v) is 9.57. The molecule has 0 aromatic carbocycles. The number of hydrogen-bond acceptors (Lipinski definition) is 0. The Hall–Kier alpha value is 1.50. The van der Waals surface area contributed by atoms with E-state index in [4.69, 9.17) is 0 Å². The third-order valence-electron chi connectivity index (χ3n) is 3.41. The van der Waals surface area contributed by atoms with E-state index in [1.807, 2.05) is 0 Å². The van der Waals surface area contributed by atoms with Crippen LogP contribution in [0.5, 0.6) is 0 Å². The molecule has 3 heteroatoms. The van der Waals surface area contributed by atoms with Crippen molar-refractivity contribution in [2.24, 2.45) is 0 Å². The summed E-state index contributed by atoms with van der Waals surface area (Å²) in [7, 11) is 0. The summed E-state index contributed by atoms with van der Waals surface area (Å²) in [5.41, 5.74) is 0. The zero-order chi connectivity index (χ0) is 12.6. The first-order valence-corrected chi connectivity index (χ1v) is 12.2. The van der Waals surface area contributed by atoms with E-state index in [0.29, 0.717) is 0 Å². The van der Waals surface area contributed by atoms with Crippen molar-refractivity contribution in [3.8, 4) is 0 Å². The summed E-state index contributed by atoms with van der Waals surface area (Å²) in [5, 5.41) is 0. The number of rotatable bonds is 14. The Morgan fingerprint density at radius 3 is 1.16 bits per heavy atom. The van der Waals surface area contributed by atoms with Crippen molar-refractivity contribution in [2.45, 2.75) is 99.8 Å². The fourth-order valence-electron chi connectivity index (χ4n) is 2.19. The molecule has 0 rings (SSSR count). The molecule has 0 saturated heterocycles. The normalized spacial score (nSPS) is 9.79. The average molecular weight is 409 g/mol. The maximum atomic E-state index is 2.30. The first kappa shape index (κ1) is 25.5. The molecule has 0 unspecified atom stereocenters. The van der Waals surface area contributed by atoms with Crippen LogP contribution in [0.4, 0.5) is 0 Å². The number of hydrogen-bond donors (Lipinski definition) is 0. The van der Waals surface area contributed by atoms with Crippen LogP contribution in [-0.4, -0.2) is 21.1 Å². The largest absolute Gasteiger partial charge is 0 e. The molecule has 0 spiro atoms. The SMILES string of the molecule is CCCCCCC[CH2][Sn][CH2]CCCCCCC.[S].[S]. The number of unbranched alkanes of at least 4 members (excludes halogenated alkanes) is 10. The van der Waals surface area contributed by atoms with Crippen LogP contribution in [0.15, 0.2) is 0 Å². The molecule has 0 aliphatic rings. The Balaban J connectivity index is -0.00000128. The molecule has 0 aromatic rings. The average Bonchev–Trinajstić information content (AvgIpc) is 2.35. The fourth-order valence-corrected chi connectivity index (χ4v) is 5.75. The third kappa shape index (κ3) is 24.9. The summed E-state index contributed by atoms with van der Waals surface area (Å²) in [5.74, 6) is 0. The van der Waals surface area contributed by atoms with Crippen LogP contribution >= 0.6 is 27.0 Å². The molecule has 114 valence electrons. The molecule has 0 atom stereocenters. The molecule has 0 fully saturated rings. The van der Waals surface area contributed by atoms with Crippen LogP contribution in [0, 0.1) is 0 Å². The van der Waals surface area contributed by atoms with Crippen LogP contribution < -0.4 is 0 Å². The minimum absolute atomic E-state index is 0. The molecule has 19 heavy (non-hydrogen) atoms. The van der Waals surface area contributed by atoms with Gasteiger partial charge in [-0.15, -0.1) is 0 Å². The summed E-state index contributed by atoms with van der Waals surface area (Å²) in [4.78, 5) is 0. The van der Waals surface area contributed by atoms with E-state index in [0.717, 1.165) is 0 Å². The Morgan fingerprint density at radius 1 is 0.474 bits per heavy atom.